The minimum Gasteiger partial charge on any atom is -0.328 e. The SMILES string of the molecule is CC(N)Cc1ccc(Sc2nncn2C)c(Cl)c1. The lowest BCUT2D eigenvalue weighted by molar-refractivity contribution is 0.737. The Hall–Kier alpha value is -1.04. The van der Waals surface area contributed by atoms with Gasteiger partial charge in [0.1, 0.15) is 6.33 Å². The van der Waals surface area contributed by atoms with Crippen LogP contribution in [-0.4, -0.2) is 20.8 Å². The summed E-state index contributed by atoms with van der Waals surface area (Å²) in [6.07, 6.45) is 2.50. The molecule has 1 heterocycles. The number of benzene rings is 1. The van der Waals surface area contributed by atoms with Gasteiger partial charge in [-0.05, 0) is 42.8 Å². The fraction of sp³-hybridized carbons (Fsp3) is 0.333. The van der Waals surface area contributed by atoms with Crippen molar-refractivity contribution in [2.45, 2.75) is 29.4 Å². The third-order valence-corrected chi connectivity index (χ3v) is 3.98. The zero-order valence-electron chi connectivity index (χ0n) is 10.3. The van der Waals surface area contributed by atoms with Gasteiger partial charge in [0.05, 0.1) is 5.02 Å². The molecule has 2 N–H and O–H groups in total. The van der Waals surface area contributed by atoms with Crippen molar-refractivity contribution in [3.05, 3.63) is 35.1 Å². The van der Waals surface area contributed by atoms with Gasteiger partial charge >= 0.3 is 0 Å². The van der Waals surface area contributed by atoms with Crippen LogP contribution in [0.3, 0.4) is 0 Å². The molecular weight excluding hydrogens is 268 g/mol. The van der Waals surface area contributed by atoms with Gasteiger partial charge in [0, 0.05) is 18.0 Å². The van der Waals surface area contributed by atoms with E-state index >= 15 is 0 Å². The van der Waals surface area contributed by atoms with E-state index in [9.17, 15) is 0 Å². The quantitative estimate of drug-likeness (QED) is 0.936. The minimum atomic E-state index is 0.137. The molecule has 0 aliphatic heterocycles. The molecule has 0 fully saturated rings. The third kappa shape index (κ3) is 3.25. The monoisotopic (exact) mass is 282 g/mol. The van der Waals surface area contributed by atoms with Crippen LogP contribution in [0.5, 0.6) is 0 Å². The molecule has 6 heteroatoms. The molecule has 0 saturated heterocycles. The average molecular weight is 283 g/mol. The summed E-state index contributed by atoms with van der Waals surface area (Å²) in [5.41, 5.74) is 6.92. The van der Waals surface area contributed by atoms with E-state index in [1.165, 1.54) is 11.8 Å². The smallest absolute Gasteiger partial charge is 0.195 e. The van der Waals surface area contributed by atoms with E-state index < -0.39 is 0 Å². The molecule has 0 amide bonds. The molecule has 0 aliphatic rings. The van der Waals surface area contributed by atoms with Gasteiger partial charge in [0.15, 0.2) is 5.16 Å². The van der Waals surface area contributed by atoms with E-state index in [2.05, 4.69) is 10.2 Å². The van der Waals surface area contributed by atoms with Crippen LogP contribution < -0.4 is 5.73 Å². The van der Waals surface area contributed by atoms with E-state index in [0.717, 1.165) is 27.1 Å². The van der Waals surface area contributed by atoms with Gasteiger partial charge in [-0.25, -0.2) is 0 Å². The largest absolute Gasteiger partial charge is 0.328 e. The summed E-state index contributed by atoms with van der Waals surface area (Å²) in [4.78, 5) is 0.973. The first-order valence-corrected chi connectivity index (χ1v) is 6.81. The highest BCUT2D eigenvalue weighted by Crippen LogP contribution is 2.32. The predicted octanol–water partition coefficient (Wildman–Crippen LogP) is 2.51. The Balaban J connectivity index is 2.17. The molecule has 2 aromatic rings. The van der Waals surface area contributed by atoms with Crippen molar-refractivity contribution < 1.29 is 0 Å². The number of nitrogens with zero attached hydrogens (tertiary/aromatic N) is 3. The summed E-state index contributed by atoms with van der Waals surface area (Å²) in [6.45, 7) is 1.98. The van der Waals surface area contributed by atoms with E-state index in [1.807, 2.05) is 36.7 Å². The standard InChI is InChI=1S/C12H15ClN4S/c1-8(14)5-9-3-4-11(10(13)6-9)18-12-16-15-7-17(12)2/h3-4,6-8H,5,14H2,1-2H3. The fourth-order valence-corrected chi connectivity index (χ4v) is 2.68. The maximum absolute atomic E-state index is 6.26. The first kappa shape index (κ1) is 13.4. The predicted molar refractivity (Wildman–Crippen MR) is 73.9 cm³/mol. The Morgan fingerprint density at radius 3 is 2.83 bits per heavy atom. The molecule has 1 aromatic carbocycles. The molecule has 2 rings (SSSR count). The zero-order chi connectivity index (χ0) is 13.1. The van der Waals surface area contributed by atoms with Crippen LogP contribution in [-0.2, 0) is 13.5 Å². The molecular formula is C12H15ClN4S. The van der Waals surface area contributed by atoms with Gasteiger partial charge in [0.25, 0.3) is 0 Å². The number of halogens is 1. The Labute approximate surface area is 116 Å². The molecule has 0 aliphatic carbocycles. The second-order valence-corrected chi connectivity index (χ2v) is 5.69. The van der Waals surface area contributed by atoms with Crippen LogP contribution in [0.15, 0.2) is 34.6 Å². The van der Waals surface area contributed by atoms with Crippen molar-refractivity contribution in [2.24, 2.45) is 12.8 Å². The Bertz CT molecular complexity index is 539. The summed E-state index contributed by atoms with van der Waals surface area (Å²) in [5.74, 6) is 0. The van der Waals surface area contributed by atoms with Gasteiger partial charge in [0.2, 0.25) is 0 Å². The topological polar surface area (TPSA) is 56.7 Å². The molecule has 18 heavy (non-hydrogen) atoms. The lowest BCUT2D eigenvalue weighted by atomic mass is 10.1. The first-order valence-electron chi connectivity index (χ1n) is 5.62. The molecule has 96 valence electrons. The fourth-order valence-electron chi connectivity index (χ4n) is 1.59. The summed E-state index contributed by atoms with van der Waals surface area (Å²) in [5, 5.41) is 9.40. The second-order valence-electron chi connectivity index (χ2n) is 4.27. The Morgan fingerprint density at radius 1 is 1.50 bits per heavy atom. The van der Waals surface area contributed by atoms with E-state index in [-0.39, 0.29) is 6.04 Å². The third-order valence-electron chi connectivity index (χ3n) is 2.43. The first-order chi connectivity index (χ1) is 8.56. The molecule has 0 spiro atoms. The van der Waals surface area contributed by atoms with Crippen molar-refractivity contribution in [3.63, 3.8) is 0 Å². The summed E-state index contributed by atoms with van der Waals surface area (Å²) in [6, 6.07) is 6.15. The summed E-state index contributed by atoms with van der Waals surface area (Å²) < 4.78 is 1.86. The van der Waals surface area contributed by atoms with Crippen LogP contribution in [0.4, 0.5) is 0 Å². The van der Waals surface area contributed by atoms with Crippen molar-refractivity contribution in [3.8, 4) is 0 Å². The number of nitrogens with two attached hydrogens (primary N) is 1. The van der Waals surface area contributed by atoms with Gasteiger partial charge in [-0.3, -0.25) is 0 Å². The minimum absolute atomic E-state index is 0.137. The van der Waals surface area contributed by atoms with Crippen LogP contribution in [0.1, 0.15) is 12.5 Å². The number of aromatic nitrogens is 3. The highest BCUT2D eigenvalue weighted by atomic mass is 35.5. The Morgan fingerprint density at radius 2 is 2.28 bits per heavy atom. The normalized spacial score (nSPS) is 12.7. The number of rotatable bonds is 4. The van der Waals surface area contributed by atoms with Crippen molar-refractivity contribution in [1.82, 2.24) is 14.8 Å². The van der Waals surface area contributed by atoms with Crippen LogP contribution in [0.25, 0.3) is 0 Å². The number of hydrogen-bond donors (Lipinski definition) is 1. The van der Waals surface area contributed by atoms with E-state index in [4.69, 9.17) is 17.3 Å². The highest BCUT2D eigenvalue weighted by molar-refractivity contribution is 7.99. The van der Waals surface area contributed by atoms with Crippen molar-refractivity contribution >= 4 is 23.4 Å². The highest BCUT2D eigenvalue weighted by Gasteiger charge is 2.08. The second kappa shape index (κ2) is 5.73. The lowest BCUT2D eigenvalue weighted by Crippen LogP contribution is -2.17. The number of aryl methyl sites for hydroxylation is 1. The van der Waals surface area contributed by atoms with Gasteiger partial charge in [-0.2, -0.15) is 0 Å². The molecule has 1 unspecified atom stereocenters. The molecule has 0 radical (unpaired) electrons. The van der Waals surface area contributed by atoms with Crippen molar-refractivity contribution in [2.75, 3.05) is 0 Å². The van der Waals surface area contributed by atoms with Crippen molar-refractivity contribution in [1.29, 1.82) is 0 Å². The van der Waals surface area contributed by atoms with Gasteiger partial charge in [-0.1, -0.05) is 17.7 Å². The van der Waals surface area contributed by atoms with Gasteiger partial charge < -0.3 is 10.3 Å². The van der Waals surface area contributed by atoms with Crippen LogP contribution in [0.2, 0.25) is 5.02 Å². The average Bonchev–Trinajstić information content (AvgIpc) is 2.67. The molecule has 1 aromatic heterocycles. The number of hydrogen-bond acceptors (Lipinski definition) is 4. The van der Waals surface area contributed by atoms with E-state index in [1.54, 1.807) is 6.33 Å². The summed E-state index contributed by atoms with van der Waals surface area (Å²) >= 11 is 7.76. The van der Waals surface area contributed by atoms with Gasteiger partial charge in [-0.15, -0.1) is 10.2 Å². The maximum Gasteiger partial charge on any atom is 0.195 e. The zero-order valence-corrected chi connectivity index (χ0v) is 11.9. The molecule has 4 nitrogen and oxygen atoms in total. The molecule has 0 bridgehead atoms. The molecule has 0 saturated carbocycles. The maximum atomic E-state index is 6.26. The van der Waals surface area contributed by atoms with Crippen LogP contribution in [0, 0.1) is 0 Å². The lowest BCUT2D eigenvalue weighted by Gasteiger charge is -2.08. The summed E-state index contributed by atoms with van der Waals surface area (Å²) in [7, 11) is 1.90. The van der Waals surface area contributed by atoms with E-state index in [0.29, 0.717) is 0 Å². The molecule has 1 atom stereocenters. The Kier molecular flexibility index (Phi) is 4.27. The van der Waals surface area contributed by atoms with Crippen LogP contribution >= 0.6 is 23.4 Å².